The van der Waals surface area contributed by atoms with Crippen LogP contribution in [0.4, 0.5) is 11.4 Å². The van der Waals surface area contributed by atoms with Crippen molar-refractivity contribution >= 4 is 17.3 Å². The van der Waals surface area contributed by atoms with E-state index in [1.807, 2.05) is 53.4 Å². The van der Waals surface area contributed by atoms with E-state index in [-0.39, 0.29) is 5.91 Å². The third kappa shape index (κ3) is 3.86. The summed E-state index contributed by atoms with van der Waals surface area (Å²) in [4.78, 5) is 14.8. The number of carbonyl (C=O) groups excluding carboxylic acids is 1. The van der Waals surface area contributed by atoms with Gasteiger partial charge in [0.1, 0.15) is 5.75 Å². The van der Waals surface area contributed by atoms with Crippen molar-refractivity contribution in [2.24, 2.45) is 0 Å². The van der Waals surface area contributed by atoms with Gasteiger partial charge in [-0.05, 0) is 49.4 Å². The predicted octanol–water partition coefficient (Wildman–Crippen LogP) is 2.87. The van der Waals surface area contributed by atoms with Crippen molar-refractivity contribution in [3.05, 3.63) is 54.1 Å². The van der Waals surface area contributed by atoms with Crippen LogP contribution in [0.3, 0.4) is 0 Å². The second kappa shape index (κ2) is 7.84. The number of carbonyl (C=O) groups is 1. The highest BCUT2D eigenvalue weighted by molar-refractivity contribution is 6.00. The Bertz CT molecular complexity index is 677. The van der Waals surface area contributed by atoms with Gasteiger partial charge in [-0.15, -0.1) is 0 Å². The van der Waals surface area contributed by atoms with E-state index in [1.54, 1.807) is 7.11 Å². The van der Waals surface area contributed by atoms with Crippen LogP contribution in [0.5, 0.6) is 5.75 Å². The van der Waals surface area contributed by atoms with E-state index in [2.05, 4.69) is 10.6 Å². The summed E-state index contributed by atoms with van der Waals surface area (Å²) in [6, 6.07) is 15.3. The van der Waals surface area contributed by atoms with Gasteiger partial charge in [-0.3, -0.25) is 4.79 Å². The van der Waals surface area contributed by atoms with Crippen LogP contribution < -0.4 is 15.4 Å². The standard InChI is InChI=1S/C19H23N3O2/c1-24-16-9-7-15(8-10-16)21-18-6-3-2-5-17(18)19(23)22-13-4-11-20-12-14-22/h2-3,5-10,20-21H,4,11-14H2,1H3. The molecule has 2 aromatic carbocycles. The molecule has 2 aromatic rings. The van der Waals surface area contributed by atoms with Crippen molar-refractivity contribution in [3.63, 3.8) is 0 Å². The van der Waals surface area contributed by atoms with E-state index in [0.29, 0.717) is 5.56 Å². The Morgan fingerprint density at radius 2 is 1.88 bits per heavy atom. The molecule has 0 spiro atoms. The topological polar surface area (TPSA) is 53.6 Å². The molecule has 1 aliphatic rings. The lowest BCUT2D eigenvalue weighted by Gasteiger charge is -2.22. The maximum absolute atomic E-state index is 12.9. The summed E-state index contributed by atoms with van der Waals surface area (Å²) in [5.74, 6) is 0.886. The normalized spacial score (nSPS) is 14.8. The van der Waals surface area contributed by atoms with E-state index in [0.717, 1.165) is 49.7 Å². The highest BCUT2D eigenvalue weighted by Crippen LogP contribution is 2.24. The molecular weight excluding hydrogens is 302 g/mol. The Morgan fingerprint density at radius 1 is 1.08 bits per heavy atom. The molecule has 126 valence electrons. The van der Waals surface area contributed by atoms with Gasteiger partial charge in [-0.2, -0.15) is 0 Å². The van der Waals surface area contributed by atoms with E-state index in [1.165, 1.54) is 0 Å². The first-order chi connectivity index (χ1) is 11.8. The number of rotatable bonds is 4. The molecule has 0 aliphatic carbocycles. The SMILES string of the molecule is COc1ccc(Nc2ccccc2C(=O)N2CCCNCC2)cc1. The van der Waals surface area contributed by atoms with Crippen LogP contribution in [0.25, 0.3) is 0 Å². The molecule has 24 heavy (non-hydrogen) atoms. The zero-order chi connectivity index (χ0) is 16.8. The van der Waals surface area contributed by atoms with Crippen LogP contribution in [-0.2, 0) is 0 Å². The first-order valence-corrected chi connectivity index (χ1v) is 8.28. The molecule has 1 heterocycles. The number of nitrogens with zero attached hydrogens (tertiary/aromatic N) is 1. The minimum atomic E-state index is 0.0790. The molecule has 5 heteroatoms. The summed E-state index contributed by atoms with van der Waals surface area (Å²) in [5.41, 5.74) is 2.45. The van der Waals surface area contributed by atoms with E-state index in [9.17, 15) is 4.79 Å². The minimum absolute atomic E-state index is 0.0790. The second-order valence-electron chi connectivity index (χ2n) is 5.79. The van der Waals surface area contributed by atoms with Gasteiger partial charge >= 0.3 is 0 Å². The van der Waals surface area contributed by atoms with Crippen molar-refractivity contribution in [2.75, 3.05) is 38.6 Å². The Kier molecular flexibility index (Phi) is 5.33. The number of nitrogens with one attached hydrogen (secondary N) is 2. The second-order valence-corrected chi connectivity index (χ2v) is 5.79. The van der Waals surface area contributed by atoms with Gasteiger partial charge in [-0.1, -0.05) is 12.1 Å². The van der Waals surface area contributed by atoms with Crippen molar-refractivity contribution in [1.29, 1.82) is 0 Å². The fourth-order valence-corrected chi connectivity index (χ4v) is 2.83. The van der Waals surface area contributed by atoms with Crippen molar-refractivity contribution in [2.45, 2.75) is 6.42 Å². The van der Waals surface area contributed by atoms with Crippen molar-refractivity contribution in [3.8, 4) is 5.75 Å². The molecular formula is C19H23N3O2. The van der Waals surface area contributed by atoms with Gasteiger partial charge in [0, 0.05) is 25.3 Å². The van der Waals surface area contributed by atoms with Crippen LogP contribution in [0.15, 0.2) is 48.5 Å². The van der Waals surface area contributed by atoms with Crippen LogP contribution in [0.2, 0.25) is 0 Å². The molecule has 3 rings (SSSR count). The van der Waals surface area contributed by atoms with Crippen LogP contribution in [0, 0.1) is 0 Å². The summed E-state index contributed by atoms with van der Waals surface area (Å²) < 4.78 is 5.18. The fourth-order valence-electron chi connectivity index (χ4n) is 2.83. The number of anilines is 2. The lowest BCUT2D eigenvalue weighted by Crippen LogP contribution is -2.34. The van der Waals surface area contributed by atoms with Crippen molar-refractivity contribution in [1.82, 2.24) is 10.2 Å². The van der Waals surface area contributed by atoms with Gasteiger partial charge in [-0.25, -0.2) is 0 Å². The number of ether oxygens (including phenoxy) is 1. The molecule has 5 nitrogen and oxygen atoms in total. The number of hydrogen-bond acceptors (Lipinski definition) is 4. The number of hydrogen-bond donors (Lipinski definition) is 2. The average Bonchev–Trinajstić information content (AvgIpc) is 2.92. The van der Waals surface area contributed by atoms with Gasteiger partial charge < -0.3 is 20.3 Å². The van der Waals surface area contributed by atoms with Gasteiger partial charge in [0.2, 0.25) is 0 Å². The van der Waals surface area contributed by atoms with E-state index < -0.39 is 0 Å². The molecule has 1 aliphatic heterocycles. The summed E-state index contributed by atoms with van der Waals surface area (Å²) in [5, 5.41) is 6.67. The Balaban J connectivity index is 1.80. The molecule has 1 fully saturated rings. The monoisotopic (exact) mass is 325 g/mol. The van der Waals surface area contributed by atoms with E-state index in [4.69, 9.17) is 4.74 Å². The molecule has 0 aromatic heterocycles. The predicted molar refractivity (Wildman–Crippen MR) is 96.1 cm³/mol. The van der Waals surface area contributed by atoms with Crippen LogP contribution in [0.1, 0.15) is 16.8 Å². The Morgan fingerprint density at radius 3 is 2.67 bits per heavy atom. The summed E-state index contributed by atoms with van der Waals surface area (Å²) in [6.07, 6.45) is 0.986. The third-order valence-corrected chi connectivity index (χ3v) is 4.15. The highest BCUT2D eigenvalue weighted by atomic mass is 16.5. The number of benzene rings is 2. The van der Waals surface area contributed by atoms with E-state index >= 15 is 0 Å². The van der Waals surface area contributed by atoms with Gasteiger partial charge in [0.05, 0.1) is 18.4 Å². The zero-order valence-electron chi connectivity index (χ0n) is 13.9. The molecule has 2 N–H and O–H groups in total. The maximum Gasteiger partial charge on any atom is 0.256 e. The fraction of sp³-hybridized carbons (Fsp3) is 0.316. The Labute approximate surface area is 142 Å². The molecule has 0 saturated carbocycles. The first kappa shape index (κ1) is 16.3. The summed E-state index contributed by atoms with van der Waals surface area (Å²) >= 11 is 0. The molecule has 0 atom stereocenters. The third-order valence-electron chi connectivity index (χ3n) is 4.15. The zero-order valence-corrected chi connectivity index (χ0v) is 13.9. The average molecular weight is 325 g/mol. The number of para-hydroxylation sites is 1. The van der Waals surface area contributed by atoms with Crippen LogP contribution in [-0.4, -0.2) is 44.1 Å². The largest absolute Gasteiger partial charge is 0.497 e. The lowest BCUT2D eigenvalue weighted by molar-refractivity contribution is 0.0767. The molecule has 1 amide bonds. The minimum Gasteiger partial charge on any atom is -0.497 e. The summed E-state index contributed by atoms with van der Waals surface area (Å²) in [7, 11) is 1.65. The van der Waals surface area contributed by atoms with Crippen molar-refractivity contribution < 1.29 is 9.53 Å². The van der Waals surface area contributed by atoms with Crippen LogP contribution >= 0.6 is 0 Å². The molecule has 0 unspecified atom stereocenters. The molecule has 0 bridgehead atoms. The quantitative estimate of drug-likeness (QED) is 0.907. The highest BCUT2D eigenvalue weighted by Gasteiger charge is 2.19. The molecule has 1 saturated heterocycles. The number of methoxy groups -OCH3 is 1. The first-order valence-electron chi connectivity index (χ1n) is 8.28. The number of amides is 1. The lowest BCUT2D eigenvalue weighted by atomic mass is 10.1. The maximum atomic E-state index is 12.9. The van der Waals surface area contributed by atoms with Gasteiger partial charge in [0.15, 0.2) is 0 Å². The molecule has 0 radical (unpaired) electrons. The van der Waals surface area contributed by atoms with Gasteiger partial charge in [0.25, 0.3) is 5.91 Å². The smallest absolute Gasteiger partial charge is 0.256 e. The summed E-state index contributed by atoms with van der Waals surface area (Å²) in [6.45, 7) is 3.35. The Hall–Kier alpha value is -2.53.